The highest BCUT2D eigenvalue weighted by Gasteiger charge is 2.21. The maximum atomic E-state index is 11.7. The number of phenols is 1. The number of nitriles is 1. The molecule has 0 heterocycles. The predicted molar refractivity (Wildman–Crippen MR) is 65.7 cm³/mol. The zero-order chi connectivity index (χ0) is 13.9. The number of guanidine groups is 1. The summed E-state index contributed by atoms with van der Waals surface area (Å²) in [6.45, 7) is 0. The fraction of sp³-hybridized carbons (Fsp3) is 0. The van der Waals surface area contributed by atoms with E-state index in [1.54, 1.807) is 0 Å². The molecule has 1 aromatic carbocycles. The zero-order valence-corrected chi connectivity index (χ0v) is 10.9. The summed E-state index contributed by atoms with van der Waals surface area (Å²) >= 11 is 11.2. The van der Waals surface area contributed by atoms with Crippen LogP contribution in [0.25, 0.3) is 0 Å². The van der Waals surface area contributed by atoms with Crippen LogP contribution in [0.3, 0.4) is 0 Å². The highest BCUT2D eigenvalue weighted by Crippen LogP contribution is 2.34. The number of halogens is 2. The van der Waals surface area contributed by atoms with Crippen molar-refractivity contribution >= 4 is 39.2 Å². The second kappa shape index (κ2) is 5.30. The van der Waals surface area contributed by atoms with Gasteiger partial charge in [0, 0.05) is 5.02 Å². The van der Waals surface area contributed by atoms with Crippen molar-refractivity contribution in [3.05, 3.63) is 22.2 Å². The number of hydrogen-bond donors (Lipinski definition) is 3. The highest BCUT2D eigenvalue weighted by atomic mass is 35.5. The van der Waals surface area contributed by atoms with Crippen molar-refractivity contribution in [1.82, 2.24) is 5.32 Å². The van der Waals surface area contributed by atoms with Crippen molar-refractivity contribution in [1.29, 1.82) is 5.26 Å². The third-order valence-electron chi connectivity index (χ3n) is 1.67. The molecule has 0 aliphatic carbocycles. The van der Waals surface area contributed by atoms with Crippen molar-refractivity contribution in [3.63, 3.8) is 0 Å². The maximum absolute atomic E-state index is 11.7. The van der Waals surface area contributed by atoms with Gasteiger partial charge in [-0.3, -0.25) is 5.32 Å². The lowest BCUT2D eigenvalue weighted by atomic mass is 10.3. The van der Waals surface area contributed by atoms with Gasteiger partial charge in [-0.05, 0) is 12.1 Å². The predicted octanol–water partition coefficient (Wildman–Crippen LogP) is 0.773. The second-order valence-electron chi connectivity index (χ2n) is 2.92. The van der Waals surface area contributed by atoms with E-state index in [1.165, 1.54) is 6.19 Å². The van der Waals surface area contributed by atoms with Gasteiger partial charge >= 0.3 is 0 Å². The summed E-state index contributed by atoms with van der Waals surface area (Å²) in [6, 6.07) is 2.12. The number of nitrogens with one attached hydrogen (secondary N) is 1. The van der Waals surface area contributed by atoms with E-state index in [2.05, 4.69) is 4.40 Å². The van der Waals surface area contributed by atoms with Crippen molar-refractivity contribution < 1.29 is 13.5 Å². The van der Waals surface area contributed by atoms with Crippen LogP contribution in [0.2, 0.25) is 10.0 Å². The van der Waals surface area contributed by atoms with E-state index in [-0.39, 0.29) is 10.0 Å². The molecule has 10 heteroatoms. The van der Waals surface area contributed by atoms with Crippen LogP contribution in [-0.4, -0.2) is 19.5 Å². The maximum Gasteiger partial charge on any atom is 0.289 e. The van der Waals surface area contributed by atoms with Gasteiger partial charge in [0.2, 0.25) is 5.96 Å². The summed E-state index contributed by atoms with van der Waals surface area (Å²) in [6.07, 6.45) is 1.39. The molecule has 0 radical (unpaired) electrons. The zero-order valence-electron chi connectivity index (χ0n) is 8.55. The van der Waals surface area contributed by atoms with E-state index in [0.29, 0.717) is 0 Å². The molecule has 0 saturated carbocycles. The molecule has 0 fully saturated rings. The Labute approximate surface area is 113 Å². The lowest BCUT2D eigenvalue weighted by Crippen LogP contribution is -2.28. The minimum absolute atomic E-state index is 0.00149. The summed E-state index contributed by atoms with van der Waals surface area (Å²) in [4.78, 5) is -0.609. The van der Waals surface area contributed by atoms with Crippen molar-refractivity contribution in [2.45, 2.75) is 4.90 Å². The van der Waals surface area contributed by atoms with Crippen LogP contribution in [0.15, 0.2) is 21.4 Å². The summed E-state index contributed by atoms with van der Waals surface area (Å²) < 4.78 is 26.6. The van der Waals surface area contributed by atoms with Gasteiger partial charge in [0.1, 0.15) is 4.90 Å². The first-order valence-electron chi connectivity index (χ1n) is 4.21. The van der Waals surface area contributed by atoms with E-state index >= 15 is 0 Å². The van der Waals surface area contributed by atoms with Crippen LogP contribution < -0.4 is 11.1 Å². The van der Waals surface area contributed by atoms with Gasteiger partial charge in [0.25, 0.3) is 10.0 Å². The number of nitrogens with zero attached hydrogens (tertiary/aromatic N) is 2. The quantitative estimate of drug-likeness (QED) is 0.320. The average Bonchev–Trinajstić information content (AvgIpc) is 2.22. The standard InChI is InChI=1S/C8H6Cl2N4O3S/c9-4-1-5(10)7(15)6(2-4)18(16,17)14-8(12)13-3-11/h1-2,15H,(H3,12,13,14). The Morgan fingerprint density at radius 2 is 2.11 bits per heavy atom. The lowest BCUT2D eigenvalue weighted by molar-refractivity contribution is 0.459. The van der Waals surface area contributed by atoms with E-state index < -0.39 is 26.6 Å². The summed E-state index contributed by atoms with van der Waals surface area (Å²) in [7, 11) is -4.33. The Kier molecular flexibility index (Phi) is 4.24. The number of sulfonamides is 1. The van der Waals surface area contributed by atoms with Crippen LogP contribution in [0, 0.1) is 11.5 Å². The van der Waals surface area contributed by atoms with Gasteiger partial charge in [0.15, 0.2) is 11.9 Å². The molecule has 18 heavy (non-hydrogen) atoms. The fourth-order valence-electron chi connectivity index (χ4n) is 0.998. The number of benzene rings is 1. The summed E-state index contributed by atoms with van der Waals surface area (Å²) in [5.74, 6) is -1.34. The van der Waals surface area contributed by atoms with Gasteiger partial charge in [-0.2, -0.15) is 13.7 Å². The van der Waals surface area contributed by atoms with E-state index in [9.17, 15) is 13.5 Å². The van der Waals surface area contributed by atoms with Crippen LogP contribution >= 0.6 is 23.2 Å². The largest absolute Gasteiger partial charge is 0.505 e. The fourth-order valence-corrected chi connectivity index (χ4v) is 2.65. The summed E-state index contributed by atoms with van der Waals surface area (Å²) in [5.41, 5.74) is 5.12. The van der Waals surface area contributed by atoms with Gasteiger partial charge in [-0.15, -0.1) is 4.40 Å². The highest BCUT2D eigenvalue weighted by molar-refractivity contribution is 7.90. The molecule has 0 bridgehead atoms. The van der Waals surface area contributed by atoms with E-state index in [4.69, 9.17) is 34.2 Å². The van der Waals surface area contributed by atoms with E-state index in [0.717, 1.165) is 12.1 Å². The smallest absolute Gasteiger partial charge is 0.289 e. The van der Waals surface area contributed by atoms with E-state index in [1.807, 2.05) is 5.32 Å². The molecule has 0 atom stereocenters. The van der Waals surface area contributed by atoms with Crippen LogP contribution in [0.1, 0.15) is 0 Å². The average molecular weight is 309 g/mol. The molecule has 1 aromatic rings. The monoisotopic (exact) mass is 308 g/mol. The molecule has 7 nitrogen and oxygen atoms in total. The molecule has 0 spiro atoms. The Hall–Kier alpha value is -1.69. The van der Waals surface area contributed by atoms with Crippen LogP contribution in [-0.2, 0) is 10.0 Å². The third kappa shape index (κ3) is 3.16. The first-order chi connectivity index (χ1) is 8.27. The molecule has 0 aliphatic heterocycles. The van der Waals surface area contributed by atoms with Crippen molar-refractivity contribution in [3.8, 4) is 11.9 Å². The lowest BCUT2D eigenvalue weighted by Gasteiger charge is -2.05. The Morgan fingerprint density at radius 1 is 1.50 bits per heavy atom. The second-order valence-corrected chi connectivity index (χ2v) is 5.34. The Morgan fingerprint density at radius 3 is 2.67 bits per heavy atom. The minimum Gasteiger partial charge on any atom is -0.505 e. The molecule has 1 rings (SSSR count). The molecule has 4 N–H and O–H groups in total. The first-order valence-corrected chi connectivity index (χ1v) is 6.41. The topological polar surface area (TPSA) is 129 Å². The van der Waals surface area contributed by atoms with Crippen LogP contribution in [0.5, 0.6) is 5.75 Å². The minimum atomic E-state index is -4.33. The van der Waals surface area contributed by atoms with Crippen molar-refractivity contribution in [2.75, 3.05) is 0 Å². The van der Waals surface area contributed by atoms with Gasteiger partial charge < -0.3 is 10.8 Å². The van der Waals surface area contributed by atoms with Crippen molar-refractivity contribution in [2.24, 2.45) is 10.1 Å². The summed E-state index contributed by atoms with van der Waals surface area (Å²) in [5, 5.41) is 19.4. The molecule has 0 aliphatic rings. The Balaban J connectivity index is 3.39. The molecule has 0 saturated heterocycles. The Bertz CT molecular complexity index is 651. The molecule has 0 amide bonds. The van der Waals surface area contributed by atoms with Gasteiger partial charge in [-0.25, -0.2) is 0 Å². The third-order valence-corrected chi connectivity index (χ3v) is 3.48. The molecular formula is C8H6Cl2N4O3S. The number of nitrogens with two attached hydrogens (primary N) is 1. The molecule has 0 aromatic heterocycles. The number of rotatable bonds is 2. The first kappa shape index (κ1) is 14.4. The molecule has 0 unspecified atom stereocenters. The number of hydrogen-bond acceptors (Lipinski definition) is 4. The number of phenolic OH excluding ortho intramolecular Hbond substituents is 1. The SMILES string of the molecule is N#CN/C(N)=N/S(=O)(=O)c1cc(Cl)cc(Cl)c1O. The normalized spacial score (nSPS) is 11.9. The number of aromatic hydroxyl groups is 1. The van der Waals surface area contributed by atoms with Gasteiger partial charge in [0.05, 0.1) is 5.02 Å². The molecular weight excluding hydrogens is 303 g/mol. The molecule has 96 valence electrons. The van der Waals surface area contributed by atoms with Crippen LogP contribution in [0.4, 0.5) is 0 Å². The van der Waals surface area contributed by atoms with Gasteiger partial charge in [-0.1, -0.05) is 23.2 Å².